The lowest BCUT2D eigenvalue weighted by Crippen LogP contribution is -2.23. The van der Waals surface area contributed by atoms with E-state index in [4.69, 9.17) is 0 Å². The number of rotatable bonds is 5. The fourth-order valence-corrected chi connectivity index (χ4v) is 1.57. The Balaban J connectivity index is 1.89. The van der Waals surface area contributed by atoms with E-state index in [0.29, 0.717) is 6.54 Å². The van der Waals surface area contributed by atoms with Crippen LogP contribution < -0.4 is 10.6 Å². The van der Waals surface area contributed by atoms with Crippen LogP contribution in [0.25, 0.3) is 0 Å². The molecule has 0 aliphatic carbocycles. The number of amides is 1. The molecular formula is C13H17N5O. The number of likely N-dealkylation sites (N-methyl/N-ethyl adjacent to an activating group) is 1. The summed E-state index contributed by atoms with van der Waals surface area (Å²) in [6.07, 6.45) is 5.35. The molecule has 0 radical (unpaired) electrons. The van der Waals surface area contributed by atoms with Crippen molar-refractivity contribution in [2.75, 3.05) is 12.4 Å². The molecule has 0 fully saturated rings. The molecule has 0 atom stereocenters. The molecule has 6 heteroatoms. The summed E-state index contributed by atoms with van der Waals surface area (Å²) in [6, 6.07) is 4.01. The van der Waals surface area contributed by atoms with Crippen LogP contribution in [0.3, 0.4) is 0 Å². The molecule has 1 amide bonds. The fraction of sp³-hybridized carbons (Fsp3) is 0.308. The van der Waals surface area contributed by atoms with Crippen molar-refractivity contribution in [2.24, 2.45) is 0 Å². The predicted octanol–water partition coefficient (Wildman–Crippen LogP) is 0.945. The smallest absolute Gasteiger partial charge is 0.241 e. The summed E-state index contributed by atoms with van der Waals surface area (Å²) < 4.78 is 1.59. The van der Waals surface area contributed by atoms with Crippen LogP contribution in [0, 0.1) is 6.92 Å². The Bertz CT molecular complexity index is 546. The van der Waals surface area contributed by atoms with E-state index in [0.717, 1.165) is 16.9 Å². The normalized spacial score (nSPS) is 10.2. The molecule has 0 saturated heterocycles. The Morgan fingerprint density at radius 1 is 1.37 bits per heavy atom. The first-order valence-corrected chi connectivity index (χ1v) is 6.06. The summed E-state index contributed by atoms with van der Waals surface area (Å²) in [6.45, 7) is 2.86. The van der Waals surface area contributed by atoms with Crippen LogP contribution in [-0.4, -0.2) is 27.7 Å². The van der Waals surface area contributed by atoms with Crippen molar-refractivity contribution in [3.8, 4) is 0 Å². The second-order valence-electron chi connectivity index (χ2n) is 4.26. The Kier molecular flexibility index (Phi) is 4.12. The molecule has 2 N–H and O–H groups in total. The molecule has 0 aromatic carbocycles. The summed E-state index contributed by atoms with van der Waals surface area (Å²) in [5, 5.41) is 9.90. The van der Waals surface area contributed by atoms with Gasteiger partial charge in [-0.15, -0.1) is 0 Å². The van der Waals surface area contributed by atoms with E-state index < -0.39 is 0 Å². The number of aromatic nitrogens is 3. The lowest BCUT2D eigenvalue weighted by molar-refractivity contribution is -0.121. The summed E-state index contributed by atoms with van der Waals surface area (Å²) in [4.78, 5) is 15.4. The third-order valence-corrected chi connectivity index (χ3v) is 2.69. The van der Waals surface area contributed by atoms with Crippen LogP contribution in [-0.2, 0) is 17.9 Å². The third-order valence-electron chi connectivity index (χ3n) is 2.69. The molecule has 0 aliphatic rings. The number of anilines is 1. The zero-order valence-corrected chi connectivity index (χ0v) is 11.1. The standard InChI is InChI=1S/C13H17N5O/c1-10-3-4-11(5-15-10)6-16-12-7-17-18(8-12)9-13(19)14-2/h3-5,7-8,16H,6,9H2,1-2H3,(H,14,19). The molecule has 2 aromatic rings. The topological polar surface area (TPSA) is 71.8 Å². The number of aryl methyl sites for hydroxylation is 1. The van der Waals surface area contributed by atoms with E-state index in [1.54, 1.807) is 24.1 Å². The van der Waals surface area contributed by atoms with Crippen LogP contribution >= 0.6 is 0 Å². The highest BCUT2D eigenvalue weighted by Crippen LogP contribution is 2.07. The van der Waals surface area contributed by atoms with Gasteiger partial charge in [-0.1, -0.05) is 6.07 Å². The monoisotopic (exact) mass is 259 g/mol. The highest BCUT2D eigenvalue weighted by molar-refractivity contribution is 5.75. The predicted molar refractivity (Wildman–Crippen MR) is 72.6 cm³/mol. The molecule has 19 heavy (non-hydrogen) atoms. The van der Waals surface area contributed by atoms with Crippen LogP contribution in [0.4, 0.5) is 5.69 Å². The van der Waals surface area contributed by atoms with Gasteiger partial charge in [-0.3, -0.25) is 14.5 Å². The van der Waals surface area contributed by atoms with E-state index in [1.165, 1.54) is 0 Å². The molecule has 0 aliphatic heterocycles. The number of hydrogen-bond acceptors (Lipinski definition) is 4. The largest absolute Gasteiger partial charge is 0.378 e. The maximum Gasteiger partial charge on any atom is 0.241 e. The molecule has 100 valence electrons. The highest BCUT2D eigenvalue weighted by Gasteiger charge is 2.02. The maximum atomic E-state index is 11.2. The molecule has 2 rings (SSSR count). The second-order valence-corrected chi connectivity index (χ2v) is 4.26. The lowest BCUT2D eigenvalue weighted by atomic mass is 10.2. The van der Waals surface area contributed by atoms with E-state index in [1.807, 2.05) is 25.3 Å². The summed E-state index contributed by atoms with van der Waals surface area (Å²) in [5.41, 5.74) is 2.98. The summed E-state index contributed by atoms with van der Waals surface area (Å²) in [7, 11) is 1.61. The van der Waals surface area contributed by atoms with Crippen molar-refractivity contribution in [3.05, 3.63) is 42.0 Å². The zero-order chi connectivity index (χ0) is 13.7. The molecule has 2 heterocycles. The van der Waals surface area contributed by atoms with Gasteiger partial charge in [0.25, 0.3) is 0 Å². The Morgan fingerprint density at radius 3 is 2.89 bits per heavy atom. The van der Waals surface area contributed by atoms with Crippen molar-refractivity contribution >= 4 is 11.6 Å². The van der Waals surface area contributed by atoms with Gasteiger partial charge >= 0.3 is 0 Å². The molecule has 0 saturated carbocycles. The summed E-state index contributed by atoms with van der Waals surface area (Å²) >= 11 is 0. The molecule has 6 nitrogen and oxygen atoms in total. The van der Waals surface area contributed by atoms with Gasteiger partial charge in [-0.25, -0.2) is 0 Å². The van der Waals surface area contributed by atoms with E-state index in [-0.39, 0.29) is 12.5 Å². The molecule has 0 unspecified atom stereocenters. The molecule has 0 bridgehead atoms. The number of carbonyl (C=O) groups is 1. The fourth-order valence-electron chi connectivity index (χ4n) is 1.57. The quantitative estimate of drug-likeness (QED) is 0.838. The van der Waals surface area contributed by atoms with Gasteiger partial charge in [0.2, 0.25) is 5.91 Å². The van der Waals surface area contributed by atoms with E-state index >= 15 is 0 Å². The van der Waals surface area contributed by atoms with E-state index in [2.05, 4.69) is 20.7 Å². The molecule has 0 spiro atoms. The average molecular weight is 259 g/mol. The minimum atomic E-state index is -0.0719. The SMILES string of the molecule is CNC(=O)Cn1cc(NCc2ccc(C)nc2)cn1. The Labute approximate surface area is 111 Å². The average Bonchev–Trinajstić information content (AvgIpc) is 2.85. The van der Waals surface area contributed by atoms with Gasteiger partial charge < -0.3 is 10.6 Å². The number of carbonyl (C=O) groups excluding carboxylic acids is 1. The van der Waals surface area contributed by atoms with E-state index in [9.17, 15) is 4.79 Å². The lowest BCUT2D eigenvalue weighted by Gasteiger charge is -2.03. The van der Waals surface area contributed by atoms with Gasteiger partial charge in [0.05, 0.1) is 11.9 Å². The zero-order valence-electron chi connectivity index (χ0n) is 11.1. The van der Waals surface area contributed by atoms with Gasteiger partial charge in [0.15, 0.2) is 0 Å². The Hall–Kier alpha value is -2.37. The Morgan fingerprint density at radius 2 is 2.21 bits per heavy atom. The van der Waals surface area contributed by atoms with Crippen molar-refractivity contribution in [1.82, 2.24) is 20.1 Å². The summed E-state index contributed by atoms with van der Waals surface area (Å²) in [5.74, 6) is -0.0719. The number of pyridine rings is 1. The maximum absolute atomic E-state index is 11.2. The van der Waals surface area contributed by atoms with Gasteiger partial charge in [0.1, 0.15) is 6.54 Å². The minimum absolute atomic E-state index is 0.0719. The van der Waals surface area contributed by atoms with Crippen LogP contribution in [0.5, 0.6) is 0 Å². The van der Waals surface area contributed by atoms with Crippen molar-refractivity contribution in [3.63, 3.8) is 0 Å². The van der Waals surface area contributed by atoms with Crippen LogP contribution in [0.2, 0.25) is 0 Å². The number of nitrogens with zero attached hydrogens (tertiary/aromatic N) is 3. The highest BCUT2D eigenvalue weighted by atomic mass is 16.1. The molecular weight excluding hydrogens is 242 g/mol. The first-order valence-electron chi connectivity index (χ1n) is 6.06. The van der Waals surface area contributed by atoms with Crippen LogP contribution in [0.15, 0.2) is 30.7 Å². The first kappa shape index (κ1) is 13.1. The van der Waals surface area contributed by atoms with Gasteiger partial charge in [0, 0.05) is 31.7 Å². The van der Waals surface area contributed by atoms with Crippen molar-refractivity contribution < 1.29 is 4.79 Å². The van der Waals surface area contributed by atoms with Crippen LogP contribution in [0.1, 0.15) is 11.3 Å². The first-order chi connectivity index (χ1) is 9.17. The van der Waals surface area contributed by atoms with Crippen molar-refractivity contribution in [2.45, 2.75) is 20.0 Å². The third kappa shape index (κ3) is 3.80. The minimum Gasteiger partial charge on any atom is -0.378 e. The second kappa shape index (κ2) is 5.99. The van der Waals surface area contributed by atoms with Gasteiger partial charge in [-0.05, 0) is 18.6 Å². The number of hydrogen-bond donors (Lipinski definition) is 2. The van der Waals surface area contributed by atoms with Gasteiger partial charge in [-0.2, -0.15) is 5.10 Å². The number of nitrogens with one attached hydrogen (secondary N) is 2. The molecule has 2 aromatic heterocycles. The van der Waals surface area contributed by atoms with Crippen molar-refractivity contribution in [1.29, 1.82) is 0 Å².